The Morgan fingerprint density at radius 3 is 2.64 bits per heavy atom. The molecule has 0 amide bonds. The second-order valence-corrected chi connectivity index (χ2v) is 6.32. The molecule has 4 heteroatoms. The molecule has 0 saturated carbocycles. The van der Waals surface area contributed by atoms with Crippen LogP contribution in [0.25, 0.3) is 0 Å². The minimum atomic E-state index is -0.0337. The van der Waals surface area contributed by atoms with Gasteiger partial charge in [0.05, 0.1) is 32.5 Å². The Bertz CT molecular complexity index is 524. The molecule has 118 valence electrons. The molecule has 4 nitrogen and oxygen atoms in total. The van der Waals surface area contributed by atoms with Crippen molar-refractivity contribution in [2.75, 3.05) is 26.4 Å². The molecule has 3 aliphatic rings. The molecular formula is C18H23NO3. The van der Waals surface area contributed by atoms with Crippen LogP contribution in [0.1, 0.15) is 18.4 Å². The topological polar surface area (TPSA) is 30.9 Å². The SMILES string of the molecule is C1=C(CC2OCCO2)CC2COCC1N2Cc1ccccc1. The Kier molecular flexibility index (Phi) is 4.26. The zero-order valence-electron chi connectivity index (χ0n) is 12.8. The molecule has 2 fully saturated rings. The maximum absolute atomic E-state index is 5.77. The maximum atomic E-state index is 5.77. The van der Waals surface area contributed by atoms with E-state index >= 15 is 0 Å². The number of nitrogens with zero attached hydrogens (tertiary/aromatic N) is 1. The van der Waals surface area contributed by atoms with E-state index in [0.717, 1.165) is 45.8 Å². The molecule has 22 heavy (non-hydrogen) atoms. The van der Waals surface area contributed by atoms with Gasteiger partial charge in [0.1, 0.15) is 0 Å². The molecule has 4 rings (SSSR count). The van der Waals surface area contributed by atoms with Gasteiger partial charge in [0, 0.05) is 19.0 Å². The molecule has 2 atom stereocenters. The summed E-state index contributed by atoms with van der Waals surface area (Å²) < 4.78 is 17.0. The average Bonchev–Trinajstić information content (AvgIpc) is 3.02. The van der Waals surface area contributed by atoms with E-state index in [1.54, 1.807) is 0 Å². The Hall–Kier alpha value is -1.20. The van der Waals surface area contributed by atoms with Crippen LogP contribution in [0.4, 0.5) is 0 Å². The summed E-state index contributed by atoms with van der Waals surface area (Å²) in [6.45, 7) is 4.08. The first-order chi connectivity index (χ1) is 10.9. The number of rotatable bonds is 4. The van der Waals surface area contributed by atoms with E-state index < -0.39 is 0 Å². The van der Waals surface area contributed by atoms with Crippen LogP contribution < -0.4 is 0 Å². The molecule has 0 aromatic heterocycles. The highest BCUT2D eigenvalue weighted by Crippen LogP contribution is 2.31. The van der Waals surface area contributed by atoms with Crippen LogP contribution in [-0.2, 0) is 20.8 Å². The lowest BCUT2D eigenvalue weighted by atomic mass is 9.91. The van der Waals surface area contributed by atoms with E-state index in [4.69, 9.17) is 14.2 Å². The van der Waals surface area contributed by atoms with Gasteiger partial charge >= 0.3 is 0 Å². The third-order valence-corrected chi connectivity index (χ3v) is 4.75. The van der Waals surface area contributed by atoms with Crippen LogP contribution in [-0.4, -0.2) is 49.7 Å². The highest BCUT2D eigenvalue weighted by Gasteiger charge is 2.35. The van der Waals surface area contributed by atoms with Crippen LogP contribution in [0.15, 0.2) is 42.0 Å². The van der Waals surface area contributed by atoms with Crippen LogP contribution in [0, 0.1) is 0 Å². The van der Waals surface area contributed by atoms with Gasteiger partial charge < -0.3 is 14.2 Å². The fourth-order valence-electron chi connectivity index (χ4n) is 3.68. The second kappa shape index (κ2) is 6.50. The van der Waals surface area contributed by atoms with Crippen molar-refractivity contribution in [1.82, 2.24) is 4.90 Å². The quantitative estimate of drug-likeness (QED) is 0.799. The molecule has 0 aliphatic carbocycles. The minimum absolute atomic E-state index is 0.0337. The number of hydrogen-bond acceptors (Lipinski definition) is 4. The Morgan fingerprint density at radius 1 is 1.05 bits per heavy atom. The summed E-state index contributed by atoms with van der Waals surface area (Å²) in [6.07, 6.45) is 4.32. The molecule has 0 radical (unpaired) electrons. The Morgan fingerprint density at radius 2 is 1.86 bits per heavy atom. The summed E-state index contributed by atoms with van der Waals surface area (Å²) in [4.78, 5) is 2.58. The fourth-order valence-corrected chi connectivity index (χ4v) is 3.68. The largest absolute Gasteiger partial charge is 0.378 e. The number of fused-ring (bicyclic) bond motifs is 2. The summed E-state index contributed by atoms with van der Waals surface area (Å²) >= 11 is 0. The van der Waals surface area contributed by atoms with Crippen molar-refractivity contribution in [2.24, 2.45) is 0 Å². The lowest BCUT2D eigenvalue weighted by Crippen LogP contribution is -2.53. The molecular weight excluding hydrogens is 278 g/mol. The van der Waals surface area contributed by atoms with E-state index in [-0.39, 0.29) is 6.29 Å². The highest BCUT2D eigenvalue weighted by molar-refractivity contribution is 5.20. The lowest BCUT2D eigenvalue weighted by molar-refractivity contribution is -0.0561. The van der Waals surface area contributed by atoms with Crippen LogP contribution in [0.2, 0.25) is 0 Å². The van der Waals surface area contributed by atoms with Crippen molar-refractivity contribution in [3.63, 3.8) is 0 Å². The molecule has 3 aliphatic heterocycles. The van der Waals surface area contributed by atoms with E-state index in [9.17, 15) is 0 Å². The van der Waals surface area contributed by atoms with Gasteiger partial charge in [-0.05, 0) is 12.0 Å². The predicted molar refractivity (Wildman–Crippen MR) is 83.4 cm³/mol. The van der Waals surface area contributed by atoms with Crippen molar-refractivity contribution in [1.29, 1.82) is 0 Å². The molecule has 2 saturated heterocycles. The van der Waals surface area contributed by atoms with Gasteiger partial charge in [0.2, 0.25) is 0 Å². The summed E-state index contributed by atoms with van der Waals surface area (Å²) in [5, 5.41) is 0. The van der Waals surface area contributed by atoms with Crippen molar-refractivity contribution < 1.29 is 14.2 Å². The summed E-state index contributed by atoms with van der Waals surface area (Å²) in [5.74, 6) is 0. The van der Waals surface area contributed by atoms with E-state index in [1.807, 2.05) is 0 Å². The Labute approximate surface area is 131 Å². The maximum Gasteiger partial charge on any atom is 0.161 e. The standard InChI is InChI=1S/C18H23NO3/c1-2-4-14(5-3-1)11-19-16-8-15(9-17(19)13-20-12-16)10-18-21-6-7-22-18/h1-5,8,16-18H,6-7,9-13H2. The van der Waals surface area contributed by atoms with Crippen molar-refractivity contribution in [3.05, 3.63) is 47.5 Å². The first-order valence-corrected chi connectivity index (χ1v) is 8.19. The van der Waals surface area contributed by atoms with Crippen molar-refractivity contribution in [3.8, 4) is 0 Å². The molecule has 3 heterocycles. The van der Waals surface area contributed by atoms with E-state index in [1.165, 1.54) is 11.1 Å². The molecule has 0 spiro atoms. The summed E-state index contributed by atoms with van der Waals surface area (Å²) in [5.41, 5.74) is 2.84. The van der Waals surface area contributed by atoms with Gasteiger partial charge in [-0.1, -0.05) is 42.0 Å². The third kappa shape index (κ3) is 3.10. The number of ether oxygens (including phenoxy) is 3. The zero-order valence-corrected chi connectivity index (χ0v) is 12.8. The van der Waals surface area contributed by atoms with Crippen LogP contribution >= 0.6 is 0 Å². The first kappa shape index (κ1) is 14.4. The Balaban J connectivity index is 1.47. The monoisotopic (exact) mass is 301 g/mol. The minimum Gasteiger partial charge on any atom is -0.378 e. The third-order valence-electron chi connectivity index (χ3n) is 4.75. The van der Waals surface area contributed by atoms with Gasteiger partial charge in [-0.25, -0.2) is 0 Å². The van der Waals surface area contributed by atoms with Crippen molar-refractivity contribution >= 4 is 0 Å². The van der Waals surface area contributed by atoms with Crippen LogP contribution in [0.3, 0.4) is 0 Å². The van der Waals surface area contributed by atoms with E-state index in [0.29, 0.717) is 12.1 Å². The molecule has 1 aromatic carbocycles. The molecule has 1 aromatic rings. The normalized spacial score (nSPS) is 29.5. The number of benzene rings is 1. The summed E-state index contributed by atoms with van der Waals surface area (Å²) in [7, 11) is 0. The van der Waals surface area contributed by atoms with Gasteiger partial charge in [0.25, 0.3) is 0 Å². The number of morpholine rings is 1. The van der Waals surface area contributed by atoms with Gasteiger partial charge in [0.15, 0.2) is 6.29 Å². The average molecular weight is 301 g/mol. The smallest absolute Gasteiger partial charge is 0.161 e. The first-order valence-electron chi connectivity index (χ1n) is 8.19. The van der Waals surface area contributed by atoms with Crippen molar-refractivity contribution in [2.45, 2.75) is 37.8 Å². The lowest BCUT2D eigenvalue weighted by Gasteiger charge is -2.45. The van der Waals surface area contributed by atoms with Gasteiger partial charge in [-0.3, -0.25) is 4.90 Å². The molecule has 2 unspecified atom stereocenters. The number of hydrogen-bond donors (Lipinski definition) is 0. The molecule has 2 bridgehead atoms. The van der Waals surface area contributed by atoms with Gasteiger partial charge in [-0.15, -0.1) is 0 Å². The zero-order chi connectivity index (χ0) is 14.8. The molecule has 0 N–H and O–H groups in total. The van der Waals surface area contributed by atoms with E-state index in [2.05, 4.69) is 41.3 Å². The summed E-state index contributed by atoms with van der Waals surface area (Å²) in [6, 6.07) is 11.6. The van der Waals surface area contributed by atoms with Gasteiger partial charge in [-0.2, -0.15) is 0 Å². The van der Waals surface area contributed by atoms with Crippen LogP contribution in [0.5, 0.6) is 0 Å². The highest BCUT2D eigenvalue weighted by atomic mass is 16.7. The second-order valence-electron chi connectivity index (χ2n) is 6.32. The fraction of sp³-hybridized carbons (Fsp3) is 0.556. The predicted octanol–water partition coefficient (Wildman–Crippen LogP) is 2.35.